The van der Waals surface area contributed by atoms with Gasteiger partial charge in [0.1, 0.15) is 0 Å². The molecule has 1 aromatic carbocycles. The van der Waals surface area contributed by atoms with Crippen LogP contribution in [0.1, 0.15) is 20.3 Å². The molecule has 15 heavy (non-hydrogen) atoms. The van der Waals surface area contributed by atoms with Gasteiger partial charge in [-0.15, -0.1) is 0 Å². The van der Waals surface area contributed by atoms with Gasteiger partial charge >= 0.3 is 0 Å². The molecule has 0 aliphatic carbocycles. The third-order valence-corrected chi connectivity index (χ3v) is 3.27. The van der Waals surface area contributed by atoms with Crippen molar-refractivity contribution in [3.05, 3.63) is 30.3 Å². The van der Waals surface area contributed by atoms with Crippen molar-refractivity contribution < 1.29 is 0 Å². The fourth-order valence-corrected chi connectivity index (χ4v) is 2.28. The van der Waals surface area contributed by atoms with Crippen molar-refractivity contribution in [1.82, 2.24) is 5.32 Å². The van der Waals surface area contributed by atoms with E-state index in [9.17, 15) is 0 Å². The monoisotopic (exact) mass is 204 g/mol. The van der Waals surface area contributed by atoms with Gasteiger partial charge in [-0.25, -0.2) is 0 Å². The van der Waals surface area contributed by atoms with Gasteiger partial charge < -0.3 is 10.2 Å². The molecule has 1 aromatic rings. The van der Waals surface area contributed by atoms with Crippen LogP contribution in [0.5, 0.6) is 0 Å². The van der Waals surface area contributed by atoms with E-state index < -0.39 is 0 Å². The van der Waals surface area contributed by atoms with E-state index in [1.807, 2.05) is 0 Å². The van der Waals surface area contributed by atoms with E-state index in [1.54, 1.807) is 0 Å². The van der Waals surface area contributed by atoms with E-state index in [-0.39, 0.29) is 5.54 Å². The first kappa shape index (κ1) is 10.5. The minimum atomic E-state index is 0.285. The lowest BCUT2D eigenvalue weighted by molar-refractivity contribution is 0.454. The topological polar surface area (TPSA) is 15.3 Å². The summed E-state index contributed by atoms with van der Waals surface area (Å²) in [5.74, 6) is 0. The molecule has 82 valence electrons. The molecular formula is C13H20N2. The Hall–Kier alpha value is -1.02. The molecule has 1 aliphatic heterocycles. The van der Waals surface area contributed by atoms with Gasteiger partial charge in [-0.05, 0) is 32.4 Å². The highest BCUT2D eigenvalue weighted by Crippen LogP contribution is 2.25. The summed E-state index contributed by atoms with van der Waals surface area (Å²) in [7, 11) is 2.18. The maximum absolute atomic E-state index is 3.55. The molecule has 0 spiro atoms. The maximum atomic E-state index is 3.55. The highest BCUT2D eigenvalue weighted by molar-refractivity contribution is 5.46. The lowest BCUT2D eigenvalue weighted by Gasteiger charge is -2.27. The molecule has 0 saturated carbocycles. The molecule has 2 rings (SSSR count). The first-order valence-corrected chi connectivity index (χ1v) is 5.61. The Morgan fingerprint density at radius 2 is 1.93 bits per heavy atom. The van der Waals surface area contributed by atoms with Crippen LogP contribution in [-0.2, 0) is 0 Å². The van der Waals surface area contributed by atoms with Crippen LogP contribution in [0.3, 0.4) is 0 Å². The lowest BCUT2D eigenvalue weighted by atomic mass is 10.0. The van der Waals surface area contributed by atoms with Crippen molar-refractivity contribution in [2.75, 3.05) is 18.5 Å². The van der Waals surface area contributed by atoms with Crippen molar-refractivity contribution in [3.63, 3.8) is 0 Å². The van der Waals surface area contributed by atoms with E-state index in [0.29, 0.717) is 6.04 Å². The highest BCUT2D eigenvalue weighted by Gasteiger charge is 2.32. The maximum Gasteiger partial charge on any atom is 0.0428 e. The Morgan fingerprint density at radius 1 is 1.27 bits per heavy atom. The molecule has 0 amide bonds. The molecule has 1 heterocycles. The van der Waals surface area contributed by atoms with E-state index in [0.717, 1.165) is 6.54 Å². The molecule has 1 fully saturated rings. The number of likely N-dealkylation sites (N-methyl/N-ethyl adjacent to an activating group) is 1. The van der Waals surface area contributed by atoms with Crippen LogP contribution >= 0.6 is 0 Å². The zero-order valence-corrected chi connectivity index (χ0v) is 9.83. The minimum absolute atomic E-state index is 0.285. The summed E-state index contributed by atoms with van der Waals surface area (Å²) in [6.45, 7) is 5.62. The predicted molar refractivity (Wildman–Crippen MR) is 65.3 cm³/mol. The van der Waals surface area contributed by atoms with Crippen molar-refractivity contribution in [2.24, 2.45) is 0 Å². The summed E-state index contributed by atoms with van der Waals surface area (Å²) < 4.78 is 0. The van der Waals surface area contributed by atoms with Crippen LogP contribution in [0, 0.1) is 0 Å². The molecule has 0 aromatic heterocycles. The van der Waals surface area contributed by atoms with Crippen LogP contribution in [0.2, 0.25) is 0 Å². The lowest BCUT2D eigenvalue weighted by Crippen LogP contribution is -2.33. The summed E-state index contributed by atoms with van der Waals surface area (Å²) in [6, 6.07) is 11.2. The van der Waals surface area contributed by atoms with Crippen LogP contribution in [0.15, 0.2) is 30.3 Å². The van der Waals surface area contributed by atoms with E-state index >= 15 is 0 Å². The van der Waals surface area contributed by atoms with Gasteiger partial charge in [-0.1, -0.05) is 18.2 Å². The van der Waals surface area contributed by atoms with E-state index in [1.165, 1.54) is 12.1 Å². The SMILES string of the molecule is CN(c1ccccc1)C1CNC(C)(C)C1. The summed E-state index contributed by atoms with van der Waals surface area (Å²) in [4.78, 5) is 2.38. The van der Waals surface area contributed by atoms with Crippen molar-refractivity contribution in [2.45, 2.75) is 31.8 Å². The first-order chi connectivity index (χ1) is 7.08. The number of benzene rings is 1. The zero-order chi connectivity index (χ0) is 10.9. The van der Waals surface area contributed by atoms with E-state index in [4.69, 9.17) is 0 Å². The van der Waals surface area contributed by atoms with Crippen molar-refractivity contribution >= 4 is 5.69 Å². The van der Waals surface area contributed by atoms with E-state index in [2.05, 4.69) is 61.4 Å². The quantitative estimate of drug-likeness (QED) is 0.795. The fraction of sp³-hybridized carbons (Fsp3) is 0.538. The number of rotatable bonds is 2. The summed E-state index contributed by atoms with van der Waals surface area (Å²) in [6.07, 6.45) is 1.21. The first-order valence-electron chi connectivity index (χ1n) is 5.61. The molecule has 0 radical (unpaired) electrons. The average Bonchev–Trinajstić information content (AvgIpc) is 2.59. The van der Waals surface area contributed by atoms with Gasteiger partial charge in [-0.3, -0.25) is 0 Å². The Balaban J connectivity index is 2.07. The minimum Gasteiger partial charge on any atom is -0.370 e. The standard InChI is InChI=1S/C13H20N2/c1-13(2)9-12(10-14-13)15(3)11-7-5-4-6-8-11/h4-8,12,14H,9-10H2,1-3H3. The van der Waals surface area contributed by atoms with Crippen molar-refractivity contribution in [3.8, 4) is 0 Å². The third kappa shape index (κ3) is 2.32. The van der Waals surface area contributed by atoms with Crippen LogP contribution in [0.4, 0.5) is 5.69 Å². The number of anilines is 1. The zero-order valence-electron chi connectivity index (χ0n) is 9.83. The van der Waals surface area contributed by atoms with Crippen LogP contribution < -0.4 is 10.2 Å². The molecule has 2 heteroatoms. The Labute approximate surface area is 92.3 Å². The second-order valence-electron chi connectivity index (χ2n) is 5.07. The highest BCUT2D eigenvalue weighted by atomic mass is 15.2. The number of nitrogens with one attached hydrogen (secondary N) is 1. The molecule has 1 aliphatic rings. The molecule has 0 bridgehead atoms. The number of para-hydroxylation sites is 1. The van der Waals surface area contributed by atoms with Gasteiger partial charge in [0, 0.05) is 30.9 Å². The molecule has 1 N–H and O–H groups in total. The average molecular weight is 204 g/mol. The van der Waals surface area contributed by atoms with Crippen LogP contribution in [-0.4, -0.2) is 25.2 Å². The molecule has 1 saturated heterocycles. The van der Waals surface area contributed by atoms with Gasteiger partial charge in [0.25, 0.3) is 0 Å². The van der Waals surface area contributed by atoms with Gasteiger partial charge in [-0.2, -0.15) is 0 Å². The largest absolute Gasteiger partial charge is 0.370 e. The second-order valence-corrected chi connectivity index (χ2v) is 5.07. The fourth-order valence-electron chi connectivity index (χ4n) is 2.28. The summed E-state index contributed by atoms with van der Waals surface area (Å²) in [5.41, 5.74) is 1.59. The Morgan fingerprint density at radius 3 is 2.47 bits per heavy atom. The molecule has 1 atom stereocenters. The Bertz CT molecular complexity index is 319. The molecule has 1 unspecified atom stereocenters. The van der Waals surface area contributed by atoms with Gasteiger partial charge in [0.05, 0.1) is 0 Å². The second kappa shape index (κ2) is 3.86. The number of hydrogen-bond donors (Lipinski definition) is 1. The smallest absolute Gasteiger partial charge is 0.0428 e. The van der Waals surface area contributed by atoms with Gasteiger partial charge in [0.15, 0.2) is 0 Å². The predicted octanol–water partition coefficient (Wildman–Crippen LogP) is 2.26. The molecular weight excluding hydrogens is 184 g/mol. The van der Waals surface area contributed by atoms with Crippen molar-refractivity contribution in [1.29, 1.82) is 0 Å². The summed E-state index contributed by atoms with van der Waals surface area (Å²) >= 11 is 0. The Kier molecular flexibility index (Phi) is 2.70. The third-order valence-electron chi connectivity index (χ3n) is 3.27. The number of hydrogen-bond acceptors (Lipinski definition) is 2. The molecule has 2 nitrogen and oxygen atoms in total. The normalized spacial score (nSPS) is 24.1. The summed E-state index contributed by atoms with van der Waals surface area (Å²) in [5, 5.41) is 3.55. The van der Waals surface area contributed by atoms with Crippen LogP contribution in [0.25, 0.3) is 0 Å². The number of nitrogens with zero attached hydrogens (tertiary/aromatic N) is 1. The van der Waals surface area contributed by atoms with Gasteiger partial charge in [0.2, 0.25) is 0 Å².